The highest BCUT2D eigenvalue weighted by Gasteiger charge is 2.07. The summed E-state index contributed by atoms with van der Waals surface area (Å²) in [5.41, 5.74) is 3.27. The molecule has 0 saturated heterocycles. The van der Waals surface area contributed by atoms with Crippen molar-refractivity contribution in [3.05, 3.63) is 0 Å². The van der Waals surface area contributed by atoms with Crippen LogP contribution in [0.25, 0.3) is 0 Å². The average molecular weight is 257 g/mol. The number of hydrogen-bond donors (Lipinski definition) is 1. The normalized spacial score (nSPS) is 12.1. The van der Waals surface area contributed by atoms with E-state index in [2.05, 4.69) is 42.9 Å². The second kappa shape index (κ2) is 8.71. The first-order valence-corrected chi connectivity index (χ1v) is 9.71. The van der Waals surface area contributed by atoms with Crippen LogP contribution in [-0.4, -0.2) is 25.2 Å². The fourth-order valence-corrected chi connectivity index (χ4v) is 1.74. The summed E-state index contributed by atoms with van der Waals surface area (Å²) in [6, 6.07) is 0. The maximum Gasteiger partial charge on any atom is 0.129 e. The second-order valence-corrected chi connectivity index (χ2v) is 9.85. The summed E-state index contributed by atoms with van der Waals surface area (Å²) in [6.07, 6.45) is 2.49. The Bertz CT molecular complexity index is 298. The fourth-order valence-electron chi connectivity index (χ4n) is 0.954. The summed E-state index contributed by atoms with van der Waals surface area (Å²) in [6.45, 7) is 6.63. The van der Waals surface area contributed by atoms with E-state index in [1.165, 1.54) is 0 Å². The van der Waals surface area contributed by atoms with Crippen LogP contribution in [0.2, 0.25) is 19.6 Å². The molecule has 0 aliphatic carbocycles. The van der Waals surface area contributed by atoms with E-state index in [1.807, 2.05) is 0 Å². The van der Waals surface area contributed by atoms with Gasteiger partial charge in [-0.1, -0.05) is 25.6 Å². The number of aliphatic hydroxyl groups excluding tert-OH is 1. The van der Waals surface area contributed by atoms with E-state index in [-0.39, 0.29) is 0 Å². The van der Waals surface area contributed by atoms with Gasteiger partial charge in [-0.25, -0.2) is 0 Å². The minimum atomic E-state index is -1.26. The lowest BCUT2D eigenvalue weighted by Crippen LogP contribution is -2.16. The second-order valence-electron chi connectivity index (χ2n) is 4.72. The van der Waals surface area contributed by atoms with E-state index in [9.17, 15) is 5.11 Å². The van der Waals surface area contributed by atoms with E-state index in [0.29, 0.717) is 12.3 Å². The molecule has 1 nitrogen and oxygen atoms in total. The molecule has 0 aromatic heterocycles. The number of rotatable bonds is 4. The minimum absolute atomic E-state index is 0.536. The van der Waals surface area contributed by atoms with Crippen LogP contribution in [0.3, 0.4) is 0 Å². The number of hydrogen-bond acceptors (Lipinski definition) is 1. The Hall–Kier alpha value is -0.413. The molecule has 0 aliphatic heterocycles. The van der Waals surface area contributed by atoms with Gasteiger partial charge in [-0.05, 0) is 12.8 Å². The summed E-state index contributed by atoms with van der Waals surface area (Å²) in [4.78, 5) is 0. The Balaban J connectivity index is 3.75. The van der Waals surface area contributed by atoms with Gasteiger partial charge in [0.1, 0.15) is 14.2 Å². The van der Waals surface area contributed by atoms with Gasteiger partial charge in [0.25, 0.3) is 0 Å². The molecular weight excluding hydrogens is 236 g/mol. The van der Waals surface area contributed by atoms with Crippen LogP contribution in [0.5, 0.6) is 0 Å². The molecule has 0 amide bonds. The molecule has 0 aromatic rings. The maximum absolute atomic E-state index is 9.51. The molecule has 0 heterocycles. The van der Waals surface area contributed by atoms with E-state index >= 15 is 0 Å². The van der Waals surface area contributed by atoms with Crippen LogP contribution in [0.1, 0.15) is 25.7 Å². The van der Waals surface area contributed by atoms with Crippen molar-refractivity contribution >= 4 is 19.7 Å². The summed E-state index contributed by atoms with van der Waals surface area (Å²) >= 11 is 5.52. The molecule has 0 bridgehead atoms. The molecule has 1 N–H and O–H groups in total. The quantitative estimate of drug-likeness (QED) is 0.355. The molecule has 0 aliphatic rings. The first kappa shape index (κ1) is 15.6. The third-order valence-corrected chi connectivity index (χ3v) is 2.90. The van der Waals surface area contributed by atoms with Crippen LogP contribution >= 0.6 is 11.6 Å². The molecule has 16 heavy (non-hydrogen) atoms. The number of alkyl halides is 1. The Morgan fingerprint density at radius 1 is 1.19 bits per heavy atom. The highest BCUT2D eigenvalue weighted by atomic mass is 35.5. The van der Waals surface area contributed by atoms with Crippen molar-refractivity contribution in [2.24, 2.45) is 0 Å². The lowest BCUT2D eigenvalue weighted by Gasteiger charge is -2.03. The number of unbranched alkanes of at least 4 members (excludes halogenated alkanes) is 1. The van der Waals surface area contributed by atoms with Crippen LogP contribution < -0.4 is 0 Å². The highest BCUT2D eigenvalue weighted by Crippen LogP contribution is 1.99. The van der Waals surface area contributed by atoms with Gasteiger partial charge in [0.15, 0.2) is 0 Å². The molecule has 0 radical (unpaired) electrons. The Morgan fingerprint density at radius 3 is 2.44 bits per heavy atom. The Kier molecular flexibility index (Phi) is 8.48. The first-order chi connectivity index (χ1) is 7.45. The summed E-state index contributed by atoms with van der Waals surface area (Å²) in [7, 11) is -1.26. The largest absolute Gasteiger partial charge is 0.380 e. The SMILES string of the molecule is C[Si](C)(C)C#CCC[C@@H](O)C#CCCCCl. The smallest absolute Gasteiger partial charge is 0.129 e. The molecule has 0 rings (SSSR count). The van der Waals surface area contributed by atoms with Crippen LogP contribution in [0.15, 0.2) is 0 Å². The standard InChI is InChI=1S/C13H21ClOSi/c1-16(2,3)12-8-6-10-13(15)9-5-4-7-11-14/h13,15H,4,6-7,10-11H2,1-3H3/t13-/m0/s1. The van der Waals surface area contributed by atoms with E-state index in [1.54, 1.807) is 0 Å². The van der Waals surface area contributed by atoms with Crippen molar-refractivity contribution in [3.8, 4) is 23.3 Å². The van der Waals surface area contributed by atoms with Crippen LogP contribution in [0, 0.1) is 23.3 Å². The zero-order valence-corrected chi connectivity index (χ0v) is 12.2. The fraction of sp³-hybridized carbons (Fsp3) is 0.692. The molecule has 0 saturated carbocycles. The van der Waals surface area contributed by atoms with Gasteiger partial charge < -0.3 is 5.11 Å². The van der Waals surface area contributed by atoms with E-state index in [4.69, 9.17) is 11.6 Å². The molecule has 0 unspecified atom stereocenters. The summed E-state index contributed by atoms with van der Waals surface area (Å²) in [5.74, 6) is 9.48. The van der Waals surface area contributed by atoms with Gasteiger partial charge in [-0.2, -0.15) is 0 Å². The highest BCUT2D eigenvalue weighted by molar-refractivity contribution is 6.83. The molecule has 0 fully saturated rings. The monoisotopic (exact) mass is 256 g/mol. The average Bonchev–Trinajstić information content (AvgIpc) is 2.18. The van der Waals surface area contributed by atoms with Crippen molar-refractivity contribution in [2.75, 3.05) is 5.88 Å². The third-order valence-electron chi connectivity index (χ3n) is 1.71. The predicted octanol–water partition coefficient (Wildman–Crippen LogP) is 3.03. The molecule has 1 atom stereocenters. The Labute approximate surface area is 106 Å². The van der Waals surface area contributed by atoms with Crippen LogP contribution in [-0.2, 0) is 0 Å². The van der Waals surface area contributed by atoms with E-state index < -0.39 is 14.2 Å². The van der Waals surface area contributed by atoms with Crippen molar-refractivity contribution < 1.29 is 5.11 Å². The molecule has 0 aromatic carbocycles. The third kappa shape index (κ3) is 11.7. The van der Waals surface area contributed by atoms with Crippen molar-refractivity contribution in [1.29, 1.82) is 0 Å². The zero-order valence-electron chi connectivity index (χ0n) is 10.4. The first-order valence-electron chi connectivity index (χ1n) is 5.68. The van der Waals surface area contributed by atoms with Gasteiger partial charge in [0.05, 0.1) is 0 Å². The topological polar surface area (TPSA) is 20.2 Å². The lowest BCUT2D eigenvalue weighted by molar-refractivity contribution is 0.224. The van der Waals surface area contributed by atoms with Crippen LogP contribution in [0.4, 0.5) is 0 Å². The van der Waals surface area contributed by atoms with Crippen molar-refractivity contribution in [1.82, 2.24) is 0 Å². The number of halogens is 1. The van der Waals surface area contributed by atoms with Gasteiger partial charge in [0, 0.05) is 18.7 Å². The van der Waals surface area contributed by atoms with Crippen molar-refractivity contribution in [2.45, 2.75) is 51.4 Å². The molecular formula is C13H21ClOSi. The predicted molar refractivity (Wildman–Crippen MR) is 74.1 cm³/mol. The molecule has 90 valence electrons. The van der Waals surface area contributed by atoms with Crippen molar-refractivity contribution in [3.63, 3.8) is 0 Å². The Morgan fingerprint density at radius 2 is 1.88 bits per heavy atom. The van der Waals surface area contributed by atoms with E-state index in [0.717, 1.165) is 19.3 Å². The summed E-state index contributed by atoms with van der Waals surface area (Å²) < 4.78 is 0. The zero-order chi connectivity index (χ0) is 12.4. The molecule has 0 spiro atoms. The number of aliphatic hydroxyl groups is 1. The molecule has 3 heteroatoms. The summed E-state index contributed by atoms with van der Waals surface area (Å²) in [5, 5.41) is 9.51. The van der Waals surface area contributed by atoms with Gasteiger partial charge in [-0.15, -0.1) is 29.0 Å². The maximum atomic E-state index is 9.51. The minimum Gasteiger partial charge on any atom is -0.380 e. The van der Waals surface area contributed by atoms with Gasteiger partial charge in [0.2, 0.25) is 0 Å². The van der Waals surface area contributed by atoms with Gasteiger partial charge in [-0.3, -0.25) is 0 Å². The lowest BCUT2D eigenvalue weighted by atomic mass is 10.2. The van der Waals surface area contributed by atoms with Gasteiger partial charge >= 0.3 is 0 Å².